The Morgan fingerprint density at radius 1 is 1.22 bits per heavy atom. The van der Waals surface area contributed by atoms with E-state index >= 15 is 0 Å². The standard InChI is InChI=1S/C20H30F2O5/c1-2-3-6-9-14(23)12-13-16-15(10-7-4-5-8-11-17(24)25)18-20(21,22)19(26-16)27-18/h4,7,12-16,18-19,23H,2-3,5-6,8-11H2,1H3,(H,24,25)/b7-4?,13-12+/t14-,15+,16+,18+,19+/m0/s1. The number of hydrogen-bond acceptors (Lipinski definition) is 4. The van der Waals surface area contributed by atoms with E-state index in [0.717, 1.165) is 19.3 Å². The fourth-order valence-corrected chi connectivity index (χ4v) is 3.43. The fraction of sp³-hybridized carbons (Fsp3) is 0.750. The second-order valence-electron chi connectivity index (χ2n) is 7.27. The van der Waals surface area contributed by atoms with E-state index in [4.69, 9.17) is 14.6 Å². The van der Waals surface area contributed by atoms with Gasteiger partial charge in [-0.1, -0.05) is 50.5 Å². The number of fused-ring (bicyclic) bond motifs is 2. The molecule has 2 bridgehead atoms. The summed E-state index contributed by atoms with van der Waals surface area (Å²) in [6.07, 6.45) is 8.28. The number of aliphatic hydroxyl groups is 1. The molecule has 3 rings (SSSR count). The number of hydrogen-bond donors (Lipinski definition) is 2. The molecule has 3 saturated heterocycles. The molecule has 154 valence electrons. The minimum Gasteiger partial charge on any atom is -0.481 e. The molecule has 3 fully saturated rings. The predicted octanol–water partition coefficient (Wildman–Crippen LogP) is 4.06. The molecule has 5 atom stereocenters. The largest absolute Gasteiger partial charge is 0.481 e. The maximum atomic E-state index is 14.0. The number of carboxylic acid groups (broad SMARTS) is 1. The number of carbonyl (C=O) groups is 1. The van der Waals surface area contributed by atoms with Crippen LogP contribution in [-0.2, 0) is 14.3 Å². The first-order valence-electron chi connectivity index (χ1n) is 9.78. The minimum absolute atomic E-state index is 0.0870. The molecule has 7 heteroatoms. The third kappa shape index (κ3) is 6.09. The van der Waals surface area contributed by atoms with Crippen molar-refractivity contribution in [1.82, 2.24) is 0 Å². The van der Waals surface area contributed by atoms with Gasteiger partial charge in [0.2, 0.25) is 6.29 Å². The molecule has 3 aliphatic heterocycles. The monoisotopic (exact) mass is 388 g/mol. The molecule has 0 radical (unpaired) electrons. The molecule has 0 amide bonds. The summed E-state index contributed by atoms with van der Waals surface area (Å²) in [4.78, 5) is 10.5. The Balaban J connectivity index is 1.88. The van der Waals surface area contributed by atoms with E-state index in [1.54, 1.807) is 18.2 Å². The van der Waals surface area contributed by atoms with Crippen LogP contribution in [0.2, 0.25) is 0 Å². The highest BCUT2D eigenvalue weighted by molar-refractivity contribution is 5.66. The average Bonchev–Trinajstić information content (AvgIpc) is 2.62. The van der Waals surface area contributed by atoms with Gasteiger partial charge in [-0.25, -0.2) is 0 Å². The Kier molecular flexibility index (Phi) is 8.38. The van der Waals surface area contributed by atoms with Crippen LogP contribution in [0.1, 0.15) is 58.3 Å². The Morgan fingerprint density at radius 3 is 2.67 bits per heavy atom. The Morgan fingerprint density at radius 2 is 2.00 bits per heavy atom. The van der Waals surface area contributed by atoms with Crippen LogP contribution in [0.4, 0.5) is 8.78 Å². The number of carboxylic acids is 1. The zero-order chi connectivity index (χ0) is 19.9. The predicted molar refractivity (Wildman–Crippen MR) is 96.5 cm³/mol. The van der Waals surface area contributed by atoms with Gasteiger partial charge in [0, 0.05) is 12.3 Å². The van der Waals surface area contributed by atoms with Crippen LogP contribution in [0.15, 0.2) is 24.3 Å². The normalized spacial score (nSPS) is 30.5. The van der Waals surface area contributed by atoms with Crippen LogP contribution in [0.5, 0.6) is 0 Å². The molecule has 0 unspecified atom stereocenters. The summed E-state index contributed by atoms with van der Waals surface area (Å²) in [6, 6.07) is 0. The molecule has 0 aromatic heterocycles. The summed E-state index contributed by atoms with van der Waals surface area (Å²) >= 11 is 0. The second-order valence-corrected chi connectivity index (χ2v) is 7.27. The molecular weight excluding hydrogens is 358 g/mol. The van der Waals surface area contributed by atoms with Crippen molar-refractivity contribution in [2.75, 3.05) is 0 Å². The Hall–Kier alpha value is -1.31. The van der Waals surface area contributed by atoms with E-state index in [-0.39, 0.29) is 6.42 Å². The Bertz CT molecular complexity index is 534. The van der Waals surface area contributed by atoms with E-state index in [1.165, 1.54) is 0 Å². The fourth-order valence-electron chi connectivity index (χ4n) is 3.43. The maximum absolute atomic E-state index is 14.0. The molecule has 0 saturated carbocycles. The van der Waals surface area contributed by atoms with E-state index in [0.29, 0.717) is 25.7 Å². The van der Waals surface area contributed by atoms with Crippen LogP contribution in [0, 0.1) is 5.92 Å². The van der Waals surface area contributed by atoms with Gasteiger partial charge in [-0.3, -0.25) is 4.79 Å². The smallest absolute Gasteiger partial charge is 0.323 e. The number of aliphatic carboxylic acids is 1. The summed E-state index contributed by atoms with van der Waals surface area (Å²) in [5.41, 5.74) is 0. The number of unbranched alkanes of at least 4 members (excludes halogenated alkanes) is 3. The highest BCUT2D eigenvalue weighted by atomic mass is 19.3. The quantitative estimate of drug-likeness (QED) is 0.389. The summed E-state index contributed by atoms with van der Waals surface area (Å²) in [5, 5.41) is 18.6. The first-order chi connectivity index (χ1) is 12.9. The molecule has 3 aliphatic rings. The summed E-state index contributed by atoms with van der Waals surface area (Å²) in [7, 11) is 0. The van der Waals surface area contributed by atoms with Crippen LogP contribution in [0.3, 0.4) is 0 Å². The molecule has 0 aliphatic carbocycles. The average molecular weight is 388 g/mol. The number of allylic oxidation sites excluding steroid dienone is 2. The van der Waals surface area contributed by atoms with Crippen LogP contribution >= 0.6 is 0 Å². The highest BCUT2D eigenvalue weighted by Crippen LogP contribution is 2.50. The van der Waals surface area contributed by atoms with Crippen LogP contribution < -0.4 is 0 Å². The summed E-state index contributed by atoms with van der Waals surface area (Å²) < 4.78 is 38.5. The minimum atomic E-state index is -2.99. The summed E-state index contributed by atoms with van der Waals surface area (Å²) in [6.45, 7) is 2.09. The van der Waals surface area contributed by atoms with Gasteiger partial charge < -0.3 is 19.7 Å². The lowest BCUT2D eigenvalue weighted by molar-refractivity contribution is -0.451. The SMILES string of the molecule is CCCCC[C@H](O)/C=C/[C@H]1O[C@@H]2O[C@H]([C@@H]1CC=CCCCC(=O)O)C2(F)F. The molecule has 0 spiro atoms. The zero-order valence-corrected chi connectivity index (χ0v) is 15.7. The van der Waals surface area contributed by atoms with Crippen molar-refractivity contribution in [3.05, 3.63) is 24.3 Å². The molecule has 3 heterocycles. The lowest BCUT2D eigenvalue weighted by Crippen LogP contribution is -2.70. The van der Waals surface area contributed by atoms with Crippen molar-refractivity contribution in [3.8, 4) is 0 Å². The first kappa shape index (κ1) is 22.0. The van der Waals surface area contributed by atoms with E-state index in [9.17, 15) is 18.7 Å². The highest BCUT2D eigenvalue weighted by Gasteiger charge is 2.68. The molecule has 0 aromatic rings. The number of alkyl halides is 2. The van der Waals surface area contributed by atoms with Crippen molar-refractivity contribution in [2.24, 2.45) is 5.92 Å². The lowest BCUT2D eigenvalue weighted by atomic mass is 9.81. The van der Waals surface area contributed by atoms with Gasteiger partial charge in [0.25, 0.3) is 0 Å². The van der Waals surface area contributed by atoms with Crippen LogP contribution in [0.25, 0.3) is 0 Å². The Labute approximate surface area is 159 Å². The van der Waals surface area contributed by atoms with Crippen molar-refractivity contribution in [2.45, 2.75) is 88.8 Å². The topological polar surface area (TPSA) is 76.0 Å². The van der Waals surface area contributed by atoms with Crippen LogP contribution in [-0.4, -0.2) is 46.7 Å². The van der Waals surface area contributed by atoms with Crippen molar-refractivity contribution in [3.63, 3.8) is 0 Å². The summed E-state index contributed by atoms with van der Waals surface area (Å²) in [5.74, 6) is -4.38. The van der Waals surface area contributed by atoms with Crippen molar-refractivity contribution in [1.29, 1.82) is 0 Å². The number of aliphatic hydroxyl groups excluding tert-OH is 1. The van der Waals surface area contributed by atoms with E-state index in [2.05, 4.69) is 6.92 Å². The molecule has 5 nitrogen and oxygen atoms in total. The van der Waals surface area contributed by atoms with Crippen molar-refractivity contribution >= 4 is 5.97 Å². The lowest BCUT2D eigenvalue weighted by Gasteiger charge is -2.54. The number of halogens is 2. The van der Waals surface area contributed by atoms with Gasteiger partial charge in [-0.15, -0.1) is 0 Å². The zero-order valence-electron chi connectivity index (χ0n) is 15.7. The third-order valence-corrected chi connectivity index (χ3v) is 5.02. The molecule has 0 aromatic carbocycles. The number of ether oxygens (including phenoxy) is 2. The van der Waals surface area contributed by atoms with Gasteiger partial charge in [-0.05, 0) is 25.7 Å². The number of rotatable bonds is 12. The van der Waals surface area contributed by atoms with Gasteiger partial charge in [0.15, 0.2) is 0 Å². The first-order valence-corrected chi connectivity index (χ1v) is 9.78. The van der Waals surface area contributed by atoms with Gasteiger partial charge in [0.05, 0.1) is 12.2 Å². The van der Waals surface area contributed by atoms with Gasteiger partial charge in [0.1, 0.15) is 6.10 Å². The van der Waals surface area contributed by atoms with Gasteiger partial charge in [-0.2, -0.15) is 8.78 Å². The third-order valence-electron chi connectivity index (χ3n) is 5.02. The molecule has 2 N–H and O–H groups in total. The molecule has 27 heavy (non-hydrogen) atoms. The van der Waals surface area contributed by atoms with E-state index in [1.807, 2.05) is 6.08 Å². The maximum Gasteiger partial charge on any atom is 0.323 e. The van der Waals surface area contributed by atoms with E-state index < -0.39 is 42.4 Å². The van der Waals surface area contributed by atoms with Crippen molar-refractivity contribution < 1.29 is 33.3 Å². The van der Waals surface area contributed by atoms with Gasteiger partial charge >= 0.3 is 11.9 Å². The second kappa shape index (κ2) is 10.3. The molecular formula is C20H30F2O5.